The van der Waals surface area contributed by atoms with E-state index in [2.05, 4.69) is 5.32 Å². The second-order valence-corrected chi connectivity index (χ2v) is 4.76. The Morgan fingerprint density at radius 3 is 2.70 bits per heavy atom. The number of hydrogen-bond acceptors (Lipinski definition) is 2. The van der Waals surface area contributed by atoms with Gasteiger partial charge in [0.25, 0.3) is 0 Å². The van der Waals surface area contributed by atoms with Crippen LogP contribution < -0.4 is 11.1 Å². The van der Waals surface area contributed by atoms with E-state index in [1.807, 2.05) is 24.3 Å². The van der Waals surface area contributed by atoms with Crippen molar-refractivity contribution in [1.29, 1.82) is 0 Å². The molecule has 0 spiro atoms. The number of amides is 1. The minimum atomic E-state index is -0.354. The first kappa shape index (κ1) is 14.1. The first-order valence-electron chi connectivity index (χ1n) is 6.45. The van der Waals surface area contributed by atoms with Crippen molar-refractivity contribution in [2.45, 2.75) is 19.8 Å². The molecule has 2 rings (SSSR count). The molecule has 0 saturated heterocycles. The van der Waals surface area contributed by atoms with Crippen LogP contribution in [0.25, 0.3) is 0 Å². The van der Waals surface area contributed by atoms with Crippen molar-refractivity contribution in [3.05, 3.63) is 59.4 Å². The number of nitrogen functional groups attached to an aromatic ring is 1. The fourth-order valence-corrected chi connectivity index (χ4v) is 2.04. The molecule has 0 unspecified atom stereocenters. The van der Waals surface area contributed by atoms with E-state index >= 15 is 0 Å². The van der Waals surface area contributed by atoms with Gasteiger partial charge >= 0.3 is 0 Å². The maximum absolute atomic E-state index is 13.2. The second-order valence-electron chi connectivity index (χ2n) is 4.76. The molecule has 0 aliphatic carbocycles. The van der Waals surface area contributed by atoms with Crippen LogP contribution in [0.4, 0.5) is 15.8 Å². The number of benzene rings is 2. The first-order valence-corrected chi connectivity index (χ1v) is 6.45. The molecule has 104 valence electrons. The standard InChI is InChI=1S/C16H17FN2O/c1-11-8-13(17)10-14(9-11)19-16(20)7-6-12-4-2-3-5-15(12)18/h2-5,8-10H,6-7,18H2,1H3,(H,19,20). The predicted molar refractivity (Wildman–Crippen MR) is 78.9 cm³/mol. The molecule has 0 fully saturated rings. The number of anilines is 2. The molecule has 2 aromatic carbocycles. The minimum Gasteiger partial charge on any atom is -0.399 e. The molecular formula is C16H17FN2O. The zero-order chi connectivity index (χ0) is 14.5. The fourth-order valence-electron chi connectivity index (χ4n) is 2.04. The third-order valence-electron chi connectivity index (χ3n) is 3.00. The highest BCUT2D eigenvalue weighted by molar-refractivity contribution is 5.91. The Morgan fingerprint density at radius 2 is 2.00 bits per heavy atom. The molecule has 2 aromatic rings. The minimum absolute atomic E-state index is 0.154. The first-order chi connectivity index (χ1) is 9.54. The van der Waals surface area contributed by atoms with Gasteiger partial charge in [-0.05, 0) is 48.7 Å². The lowest BCUT2D eigenvalue weighted by molar-refractivity contribution is -0.116. The van der Waals surface area contributed by atoms with E-state index in [9.17, 15) is 9.18 Å². The number of nitrogens with two attached hydrogens (primary N) is 1. The van der Waals surface area contributed by atoms with Gasteiger partial charge in [-0.2, -0.15) is 0 Å². The lowest BCUT2D eigenvalue weighted by Gasteiger charge is -2.08. The quantitative estimate of drug-likeness (QED) is 0.839. The highest BCUT2D eigenvalue weighted by atomic mass is 19.1. The van der Waals surface area contributed by atoms with Crippen LogP contribution in [0.3, 0.4) is 0 Å². The van der Waals surface area contributed by atoms with Gasteiger partial charge in [-0.1, -0.05) is 18.2 Å². The van der Waals surface area contributed by atoms with Crippen LogP contribution in [0.1, 0.15) is 17.5 Å². The highest BCUT2D eigenvalue weighted by Gasteiger charge is 2.06. The molecule has 3 N–H and O–H groups in total. The summed E-state index contributed by atoms with van der Waals surface area (Å²) in [7, 11) is 0. The van der Waals surface area contributed by atoms with E-state index in [0.29, 0.717) is 24.2 Å². The van der Waals surface area contributed by atoms with Crippen molar-refractivity contribution in [3.63, 3.8) is 0 Å². The Labute approximate surface area is 117 Å². The van der Waals surface area contributed by atoms with E-state index in [0.717, 1.165) is 11.1 Å². The van der Waals surface area contributed by atoms with Crippen molar-refractivity contribution < 1.29 is 9.18 Å². The van der Waals surface area contributed by atoms with Crippen LogP contribution in [0.5, 0.6) is 0 Å². The monoisotopic (exact) mass is 272 g/mol. The van der Waals surface area contributed by atoms with Crippen molar-refractivity contribution in [3.8, 4) is 0 Å². The molecule has 1 amide bonds. The van der Waals surface area contributed by atoms with Crippen LogP contribution >= 0.6 is 0 Å². The summed E-state index contributed by atoms with van der Waals surface area (Å²) >= 11 is 0. The molecule has 0 aliphatic rings. The summed E-state index contributed by atoms with van der Waals surface area (Å²) in [4.78, 5) is 11.8. The molecule has 3 nitrogen and oxygen atoms in total. The van der Waals surface area contributed by atoms with E-state index in [-0.39, 0.29) is 11.7 Å². The van der Waals surface area contributed by atoms with Gasteiger partial charge in [0, 0.05) is 17.8 Å². The van der Waals surface area contributed by atoms with Crippen molar-refractivity contribution in [1.82, 2.24) is 0 Å². The molecule has 0 aliphatic heterocycles. The summed E-state index contributed by atoms with van der Waals surface area (Å²) in [5.74, 6) is -0.508. The van der Waals surface area contributed by atoms with Gasteiger partial charge in [0.1, 0.15) is 5.82 Å². The molecule has 0 aromatic heterocycles. The maximum atomic E-state index is 13.2. The van der Waals surface area contributed by atoms with Crippen LogP contribution in [0, 0.1) is 12.7 Å². The molecule has 4 heteroatoms. The fraction of sp³-hybridized carbons (Fsp3) is 0.188. The zero-order valence-corrected chi connectivity index (χ0v) is 11.3. The van der Waals surface area contributed by atoms with Gasteiger partial charge in [-0.3, -0.25) is 4.79 Å². The number of carbonyl (C=O) groups excluding carboxylic acids is 1. The number of halogens is 1. The summed E-state index contributed by atoms with van der Waals surface area (Å²) in [6, 6.07) is 11.9. The average Bonchev–Trinajstić information content (AvgIpc) is 2.36. The summed E-state index contributed by atoms with van der Waals surface area (Å²) < 4.78 is 13.2. The Bertz CT molecular complexity index is 605. The third-order valence-corrected chi connectivity index (χ3v) is 3.00. The van der Waals surface area contributed by atoms with E-state index in [1.54, 1.807) is 13.0 Å². The molecule has 0 atom stereocenters. The number of para-hydroxylation sites is 1. The molecule has 0 heterocycles. The van der Waals surface area contributed by atoms with Gasteiger partial charge in [-0.15, -0.1) is 0 Å². The third kappa shape index (κ3) is 3.82. The van der Waals surface area contributed by atoms with Crippen LogP contribution in [0.2, 0.25) is 0 Å². The SMILES string of the molecule is Cc1cc(F)cc(NC(=O)CCc2ccccc2N)c1. The largest absolute Gasteiger partial charge is 0.399 e. The van der Waals surface area contributed by atoms with Crippen LogP contribution in [-0.4, -0.2) is 5.91 Å². The summed E-state index contributed by atoms with van der Waals surface area (Å²) in [6.07, 6.45) is 0.872. The van der Waals surface area contributed by atoms with Gasteiger partial charge in [0.05, 0.1) is 0 Å². The molecule has 0 saturated carbocycles. The Hall–Kier alpha value is -2.36. The molecule has 20 heavy (non-hydrogen) atoms. The van der Waals surface area contributed by atoms with Crippen LogP contribution in [0.15, 0.2) is 42.5 Å². The Morgan fingerprint density at radius 1 is 1.25 bits per heavy atom. The van der Waals surface area contributed by atoms with Crippen LogP contribution in [-0.2, 0) is 11.2 Å². The summed E-state index contributed by atoms with van der Waals surface area (Å²) in [6.45, 7) is 1.78. The number of hydrogen-bond donors (Lipinski definition) is 2. The van der Waals surface area contributed by atoms with E-state index in [1.165, 1.54) is 12.1 Å². The number of rotatable bonds is 4. The summed E-state index contributed by atoms with van der Waals surface area (Å²) in [5, 5.41) is 2.69. The maximum Gasteiger partial charge on any atom is 0.224 e. The van der Waals surface area contributed by atoms with E-state index in [4.69, 9.17) is 5.73 Å². The van der Waals surface area contributed by atoms with Crippen molar-refractivity contribution in [2.75, 3.05) is 11.1 Å². The van der Waals surface area contributed by atoms with E-state index < -0.39 is 0 Å². The predicted octanol–water partition coefficient (Wildman–Crippen LogP) is 3.29. The number of aryl methyl sites for hydroxylation is 2. The van der Waals surface area contributed by atoms with Gasteiger partial charge in [0.15, 0.2) is 0 Å². The lowest BCUT2D eigenvalue weighted by Crippen LogP contribution is -2.13. The topological polar surface area (TPSA) is 55.1 Å². The van der Waals surface area contributed by atoms with Gasteiger partial charge in [-0.25, -0.2) is 4.39 Å². The molecule has 0 bridgehead atoms. The van der Waals surface area contributed by atoms with Crippen molar-refractivity contribution >= 4 is 17.3 Å². The second kappa shape index (κ2) is 6.19. The van der Waals surface area contributed by atoms with Gasteiger partial charge in [0.2, 0.25) is 5.91 Å². The normalized spacial score (nSPS) is 10.3. The summed E-state index contributed by atoms with van der Waals surface area (Å²) in [5.41, 5.74) is 8.69. The van der Waals surface area contributed by atoms with Gasteiger partial charge < -0.3 is 11.1 Å². The Kier molecular flexibility index (Phi) is 4.35. The molecule has 0 radical (unpaired) electrons. The zero-order valence-electron chi connectivity index (χ0n) is 11.3. The highest BCUT2D eigenvalue weighted by Crippen LogP contribution is 2.15. The smallest absolute Gasteiger partial charge is 0.224 e. The average molecular weight is 272 g/mol. The molecular weight excluding hydrogens is 255 g/mol. The Balaban J connectivity index is 1.94. The number of nitrogens with one attached hydrogen (secondary N) is 1. The number of carbonyl (C=O) groups is 1. The lowest BCUT2D eigenvalue weighted by atomic mass is 10.1. The van der Waals surface area contributed by atoms with Crippen molar-refractivity contribution in [2.24, 2.45) is 0 Å².